The van der Waals surface area contributed by atoms with Gasteiger partial charge in [0, 0.05) is 31.9 Å². The molecule has 26 heavy (non-hydrogen) atoms. The highest BCUT2D eigenvalue weighted by molar-refractivity contribution is 7.08. The standard InChI is InChI=1S/C17H22N6O2S/c1-3-18-16(24)14-8-13(20-17(25)15-11(2)21-22-26-15)10-23(14)9-12-6-4-5-7-19-12/h4-7,13-14H,3,8-10H2,1-2H3,(H,18,24)(H,20,25)/t13-,14+/m1/s1. The Kier molecular flexibility index (Phi) is 5.89. The number of amides is 2. The van der Waals surface area contributed by atoms with Crippen LogP contribution < -0.4 is 10.6 Å². The molecule has 9 heteroatoms. The molecule has 2 atom stereocenters. The molecule has 0 aromatic carbocycles. The third-order valence-electron chi connectivity index (χ3n) is 4.34. The minimum atomic E-state index is -0.289. The maximum atomic E-state index is 12.5. The van der Waals surface area contributed by atoms with E-state index in [0.29, 0.717) is 36.6 Å². The largest absolute Gasteiger partial charge is 0.355 e. The van der Waals surface area contributed by atoms with Gasteiger partial charge in [-0.2, -0.15) is 0 Å². The molecule has 3 heterocycles. The molecule has 1 saturated heterocycles. The molecule has 138 valence electrons. The van der Waals surface area contributed by atoms with Crippen molar-refractivity contribution in [2.24, 2.45) is 0 Å². The second-order valence-electron chi connectivity index (χ2n) is 6.25. The van der Waals surface area contributed by atoms with Gasteiger partial charge in [-0.3, -0.25) is 19.5 Å². The van der Waals surface area contributed by atoms with Crippen LogP contribution in [0.15, 0.2) is 24.4 Å². The quantitative estimate of drug-likeness (QED) is 0.774. The minimum absolute atomic E-state index is 0.0178. The maximum Gasteiger partial charge on any atom is 0.265 e. The lowest BCUT2D eigenvalue weighted by Crippen LogP contribution is -2.42. The van der Waals surface area contributed by atoms with Crippen molar-refractivity contribution in [3.63, 3.8) is 0 Å². The predicted molar refractivity (Wildman–Crippen MR) is 97.6 cm³/mol. The Bertz CT molecular complexity index is 766. The van der Waals surface area contributed by atoms with E-state index in [4.69, 9.17) is 0 Å². The first-order chi connectivity index (χ1) is 12.6. The molecule has 2 N–H and O–H groups in total. The topological polar surface area (TPSA) is 100 Å². The average molecular weight is 374 g/mol. The van der Waals surface area contributed by atoms with Crippen molar-refractivity contribution in [1.29, 1.82) is 0 Å². The van der Waals surface area contributed by atoms with Crippen LogP contribution in [-0.4, -0.2) is 56.5 Å². The predicted octanol–water partition coefficient (Wildman–Crippen LogP) is 0.751. The molecule has 8 nitrogen and oxygen atoms in total. The van der Waals surface area contributed by atoms with Gasteiger partial charge in [-0.15, -0.1) is 5.10 Å². The molecule has 3 rings (SSSR count). The Hall–Kier alpha value is -2.39. The van der Waals surface area contributed by atoms with Crippen molar-refractivity contribution in [2.45, 2.75) is 38.9 Å². The van der Waals surface area contributed by atoms with E-state index in [9.17, 15) is 9.59 Å². The first-order valence-corrected chi connectivity index (χ1v) is 9.37. The highest BCUT2D eigenvalue weighted by Gasteiger charge is 2.37. The number of aryl methyl sites for hydroxylation is 1. The molecule has 0 unspecified atom stereocenters. The number of aromatic nitrogens is 3. The van der Waals surface area contributed by atoms with E-state index in [0.717, 1.165) is 17.2 Å². The van der Waals surface area contributed by atoms with E-state index >= 15 is 0 Å². The van der Waals surface area contributed by atoms with E-state index in [1.54, 1.807) is 13.1 Å². The van der Waals surface area contributed by atoms with Gasteiger partial charge < -0.3 is 10.6 Å². The van der Waals surface area contributed by atoms with Crippen LogP contribution in [-0.2, 0) is 11.3 Å². The van der Waals surface area contributed by atoms with Gasteiger partial charge in [0.1, 0.15) is 4.88 Å². The molecule has 1 aliphatic heterocycles. The third kappa shape index (κ3) is 4.23. The summed E-state index contributed by atoms with van der Waals surface area (Å²) in [5.41, 5.74) is 1.52. The van der Waals surface area contributed by atoms with Crippen molar-refractivity contribution < 1.29 is 9.59 Å². The number of carbonyl (C=O) groups is 2. The number of hydrogen-bond acceptors (Lipinski definition) is 7. The van der Waals surface area contributed by atoms with Gasteiger partial charge in [0.2, 0.25) is 5.91 Å². The lowest BCUT2D eigenvalue weighted by atomic mass is 10.1. The zero-order chi connectivity index (χ0) is 18.5. The summed E-state index contributed by atoms with van der Waals surface area (Å²) in [6.45, 7) is 5.40. The number of likely N-dealkylation sites (tertiary alicyclic amines) is 1. The molecule has 0 aliphatic carbocycles. The van der Waals surface area contributed by atoms with Gasteiger partial charge in [-0.25, -0.2) is 0 Å². The summed E-state index contributed by atoms with van der Waals surface area (Å²) in [6, 6.07) is 5.33. The molecule has 1 fully saturated rings. The summed E-state index contributed by atoms with van der Waals surface area (Å²) in [6.07, 6.45) is 2.31. The van der Waals surface area contributed by atoms with Gasteiger partial charge in [0.15, 0.2) is 0 Å². The number of nitrogens with one attached hydrogen (secondary N) is 2. The Morgan fingerprint density at radius 2 is 2.23 bits per heavy atom. The molecule has 0 spiro atoms. The zero-order valence-electron chi connectivity index (χ0n) is 14.8. The summed E-state index contributed by atoms with van der Waals surface area (Å²) in [7, 11) is 0. The summed E-state index contributed by atoms with van der Waals surface area (Å²) in [4.78, 5) is 31.8. The molecule has 2 amide bonds. The summed E-state index contributed by atoms with van der Waals surface area (Å²) < 4.78 is 3.80. The fourth-order valence-electron chi connectivity index (χ4n) is 3.14. The van der Waals surface area contributed by atoms with Crippen molar-refractivity contribution in [1.82, 2.24) is 30.1 Å². The number of likely N-dealkylation sites (N-methyl/N-ethyl adjacent to an activating group) is 1. The van der Waals surface area contributed by atoms with Crippen LogP contribution in [0.2, 0.25) is 0 Å². The Morgan fingerprint density at radius 1 is 1.38 bits per heavy atom. The van der Waals surface area contributed by atoms with Crippen molar-refractivity contribution >= 4 is 23.3 Å². The lowest BCUT2D eigenvalue weighted by Gasteiger charge is -2.22. The fraction of sp³-hybridized carbons (Fsp3) is 0.471. The van der Waals surface area contributed by atoms with E-state index in [2.05, 4.69) is 30.1 Å². The smallest absolute Gasteiger partial charge is 0.265 e. The van der Waals surface area contributed by atoms with Crippen LogP contribution in [0.5, 0.6) is 0 Å². The summed E-state index contributed by atoms with van der Waals surface area (Å²) in [5, 5.41) is 9.77. The van der Waals surface area contributed by atoms with Crippen LogP contribution in [0.4, 0.5) is 0 Å². The second kappa shape index (κ2) is 8.33. The number of hydrogen-bond donors (Lipinski definition) is 2. The maximum absolute atomic E-state index is 12.5. The first-order valence-electron chi connectivity index (χ1n) is 8.60. The molecule has 0 saturated carbocycles. The van der Waals surface area contributed by atoms with Gasteiger partial charge in [0.25, 0.3) is 5.91 Å². The zero-order valence-corrected chi connectivity index (χ0v) is 15.6. The average Bonchev–Trinajstić information content (AvgIpc) is 3.22. The van der Waals surface area contributed by atoms with Gasteiger partial charge in [-0.05, 0) is 43.9 Å². The highest BCUT2D eigenvalue weighted by atomic mass is 32.1. The lowest BCUT2D eigenvalue weighted by molar-refractivity contribution is -0.125. The van der Waals surface area contributed by atoms with Gasteiger partial charge in [-0.1, -0.05) is 10.6 Å². The van der Waals surface area contributed by atoms with Crippen molar-refractivity contribution in [2.75, 3.05) is 13.1 Å². The molecular weight excluding hydrogens is 352 g/mol. The monoisotopic (exact) mass is 374 g/mol. The van der Waals surface area contributed by atoms with Crippen LogP contribution in [0.1, 0.15) is 34.4 Å². The van der Waals surface area contributed by atoms with Crippen LogP contribution in [0.25, 0.3) is 0 Å². The fourth-order valence-corrected chi connectivity index (χ4v) is 3.70. The molecule has 1 aliphatic rings. The van der Waals surface area contributed by atoms with Crippen LogP contribution in [0, 0.1) is 6.92 Å². The van der Waals surface area contributed by atoms with E-state index in [1.807, 2.05) is 25.1 Å². The number of nitrogens with zero attached hydrogens (tertiary/aromatic N) is 4. The third-order valence-corrected chi connectivity index (χ3v) is 5.17. The molecule has 2 aromatic rings. The number of rotatable bonds is 6. The minimum Gasteiger partial charge on any atom is -0.355 e. The van der Waals surface area contributed by atoms with Gasteiger partial charge >= 0.3 is 0 Å². The van der Waals surface area contributed by atoms with Crippen LogP contribution in [0.3, 0.4) is 0 Å². The van der Waals surface area contributed by atoms with E-state index < -0.39 is 0 Å². The second-order valence-corrected chi connectivity index (χ2v) is 7.01. The van der Waals surface area contributed by atoms with Crippen LogP contribution >= 0.6 is 11.5 Å². The van der Waals surface area contributed by atoms with Gasteiger partial charge in [0.05, 0.1) is 17.4 Å². The van der Waals surface area contributed by atoms with E-state index in [-0.39, 0.29) is 23.9 Å². The molecule has 0 bridgehead atoms. The van der Waals surface area contributed by atoms with Crippen molar-refractivity contribution in [3.8, 4) is 0 Å². The summed E-state index contributed by atoms with van der Waals surface area (Å²) in [5.74, 6) is -0.201. The Labute approximate surface area is 156 Å². The van der Waals surface area contributed by atoms with E-state index in [1.165, 1.54) is 0 Å². The first kappa shape index (κ1) is 18.4. The van der Waals surface area contributed by atoms with Crippen molar-refractivity contribution in [3.05, 3.63) is 40.7 Å². The highest BCUT2D eigenvalue weighted by Crippen LogP contribution is 2.21. The normalized spacial score (nSPS) is 20.1. The Balaban J connectivity index is 1.70. The molecule has 0 radical (unpaired) electrons. The number of carbonyl (C=O) groups excluding carboxylic acids is 2. The number of pyridine rings is 1. The summed E-state index contributed by atoms with van der Waals surface area (Å²) >= 11 is 1.08. The SMILES string of the molecule is CCNC(=O)[C@@H]1C[C@@H](NC(=O)c2snnc2C)CN1Cc1ccccn1. The molecular formula is C17H22N6O2S. The molecule has 2 aromatic heterocycles. The Morgan fingerprint density at radius 3 is 2.88 bits per heavy atom.